The van der Waals surface area contributed by atoms with Gasteiger partial charge in [0.25, 0.3) is 0 Å². The number of likely N-dealkylation sites (N-methyl/N-ethyl adjacent to an activating group) is 1. The van der Waals surface area contributed by atoms with Gasteiger partial charge >= 0.3 is 6.09 Å². The van der Waals surface area contributed by atoms with E-state index < -0.39 is 11.6 Å². The molecule has 0 aromatic heterocycles. The Morgan fingerprint density at radius 3 is 2.16 bits per heavy atom. The van der Waals surface area contributed by atoms with Crippen LogP contribution in [-0.4, -0.2) is 47.6 Å². The summed E-state index contributed by atoms with van der Waals surface area (Å²) in [7, 11) is 1.87. The molecular weight excluding hydrogens is 422 g/mol. The van der Waals surface area contributed by atoms with E-state index in [-0.39, 0.29) is 24.9 Å². The Balaban J connectivity index is 2.08. The van der Waals surface area contributed by atoms with E-state index in [2.05, 4.69) is 5.32 Å². The number of nitrogens with one attached hydrogen (secondary N) is 1. The van der Waals surface area contributed by atoms with Gasteiger partial charge in [-0.05, 0) is 37.5 Å². The van der Waals surface area contributed by atoms with Crippen LogP contribution >= 0.6 is 12.2 Å². The molecule has 0 heterocycles. The maximum atomic E-state index is 12.9. The fourth-order valence-corrected chi connectivity index (χ4v) is 3.28. The zero-order valence-electron chi connectivity index (χ0n) is 19.5. The Bertz CT molecular complexity index is 901. The lowest BCUT2D eigenvalue weighted by atomic mass is 10.0. The Morgan fingerprint density at radius 1 is 1.03 bits per heavy atom. The van der Waals surface area contributed by atoms with Crippen LogP contribution in [-0.2, 0) is 16.1 Å². The van der Waals surface area contributed by atoms with Crippen LogP contribution in [0, 0.1) is 5.92 Å². The topological polar surface area (TPSA) is 61.9 Å². The smallest absolute Gasteiger partial charge is 0.410 e. The molecule has 0 aliphatic carbocycles. The molecule has 2 amide bonds. The van der Waals surface area contributed by atoms with Crippen molar-refractivity contribution in [3.63, 3.8) is 0 Å². The molecule has 172 valence electrons. The van der Waals surface area contributed by atoms with E-state index >= 15 is 0 Å². The minimum absolute atomic E-state index is 0.132. The molecule has 2 aromatic carbocycles. The molecular formula is C25H33N3O3S. The number of nitrogens with zero attached hydrogens (tertiary/aromatic N) is 2. The number of carbonyl (C=O) groups excluding carboxylic acids is 2. The highest BCUT2D eigenvalue weighted by atomic mass is 32.1. The van der Waals surface area contributed by atoms with Gasteiger partial charge in [0.05, 0.1) is 12.1 Å². The van der Waals surface area contributed by atoms with E-state index in [0.29, 0.717) is 11.6 Å². The van der Waals surface area contributed by atoms with E-state index in [4.69, 9.17) is 17.0 Å². The van der Waals surface area contributed by atoms with Gasteiger partial charge in [0, 0.05) is 19.3 Å². The lowest BCUT2D eigenvalue weighted by molar-refractivity contribution is -0.123. The van der Waals surface area contributed by atoms with E-state index in [1.807, 2.05) is 100 Å². The van der Waals surface area contributed by atoms with E-state index in [1.165, 1.54) is 4.90 Å². The number of hydrogen-bond donors (Lipinski definition) is 1. The predicted molar refractivity (Wildman–Crippen MR) is 133 cm³/mol. The first-order valence-electron chi connectivity index (χ1n) is 10.7. The highest BCUT2D eigenvalue weighted by Crippen LogP contribution is 2.18. The van der Waals surface area contributed by atoms with E-state index in [0.717, 1.165) is 11.3 Å². The number of carbonyl (C=O) groups is 2. The molecule has 7 heteroatoms. The van der Waals surface area contributed by atoms with Crippen molar-refractivity contribution in [3.05, 3.63) is 66.2 Å². The quantitative estimate of drug-likeness (QED) is 0.558. The molecule has 0 unspecified atom stereocenters. The summed E-state index contributed by atoms with van der Waals surface area (Å²) in [5.74, 6) is -0.104. The summed E-state index contributed by atoms with van der Waals surface area (Å²) < 4.78 is 5.39. The van der Waals surface area contributed by atoms with Crippen LogP contribution in [0.3, 0.4) is 0 Å². The second-order valence-electron chi connectivity index (χ2n) is 8.69. The van der Waals surface area contributed by atoms with Crippen molar-refractivity contribution in [2.75, 3.05) is 25.1 Å². The summed E-state index contributed by atoms with van der Waals surface area (Å²) in [6, 6.07) is 19.2. The molecule has 2 aromatic rings. The van der Waals surface area contributed by atoms with E-state index in [9.17, 15) is 9.59 Å². The molecule has 0 saturated heterocycles. The third-order valence-electron chi connectivity index (χ3n) is 4.78. The number of rotatable bonds is 9. The average Bonchev–Trinajstić information content (AvgIpc) is 2.76. The zero-order valence-corrected chi connectivity index (χ0v) is 20.3. The summed E-state index contributed by atoms with van der Waals surface area (Å²) in [6.45, 7) is 8.08. The first kappa shape index (κ1) is 25.3. The van der Waals surface area contributed by atoms with Gasteiger partial charge in [0.15, 0.2) is 0 Å². The van der Waals surface area contributed by atoms with Crippen LogP contribution < -0.4 is 10.2 Å². The SMILES string of the molecule is CC(C)COC(=O)N(CC(=O)NC(C)(C)C(=S)N(C)c1ccccc1)Cc1ccccc1. The Hall–Kier alpha value is -2.93. The Morgan fingerprint density at radius 2 is 1.59 bits per heavy atom. The Labute approximate surface area is 196 Å². The number of benzene rings is 2. The van der Waals surface area contributed by atoms with Gasteiger partial charge in [-0.2, -0.15) is 0 Å². The predicted octanol–water partition coefficient (Wildman–Crippen LogP) is 4.64. The van der Waals surface area contributed by atoms with Gasteiger partial charge in [0.2, 0.25) is 5.91 Å². The largest absolute Gasteiger partial charge is 0.449 e. The van der Waals surface area contributed by atoms with Crippen molar-refractivity contribution < 1.29 is 14.3 Å². The first-order chi connectivity index (χ1) is 15.1. The standard InChI is InChI=1S/C25H33N3O3S/c1-19(2)18-31-24(30)28(16-20-12-8-6-9-13-20)17-22(29)26-25(3,4)23(32)27(5)21-14-10-7-11-15-21/h6-15,19H,16-18H2,1-5H3,(H,26,29). The maximum absolute atomic E-state index is 12.9. The molecule has 0 radical (unpaired) electrons. The lowest BCUT2D eigenvalue weighted by Gasteiger charge is -2.34. The molecule has 1 N–H and O–H groups in total. The minimum atomic E-state index is -0.794. The van der Waals surface area contributed by atoms with Crippen molar-refractivity contribution in [1.29, 1.82) is 0 Å². The van der Waals surface area contributed by atoms with Gasteiger partial charge in [0.1, 0.15) is 11.5 Å². The number of hydrogen-bond acceptors (Lipinski definition) is 4. The summed E-state index contributed by atoms with van der Waals surface area (Å²) in [4.78, 5) is 29.4. The molecule has 2 rings (SSSR count). The van der Waals surface area contributed by atoms with Crippen LogP contribution in [0.5, 0.6) is 0 Å². The van der Waals surface area contributed by atoms with Crippen molar-refractivity contribution in [2.24, 2.45) is 5.92 Å². The molecule has 0 saturated carbocycles. The van der Waals surface area contributed by atoms with Gasteiger partial charge < -0.3 is 15.0 Å². The molecule has 0 fully saturated rings. The second kappa shape index (κ2) is 11.6. The summed E-state index contributed by atoms with van der Waals surface area (Å²) in [5.41, 5.74) is 1.06. The third-order valence-corrected chi connectivity index (χ3v) is 5.57. The summed E-state index contributed by atoms with van der Waals surface area (Å²) in [5, 5.41) is 2.97. The lowest BCUT2D eigenvalue weighted by Crippen LogP contribution is -2.56. The summed E-state index contributed by atoms with van der Waals surface area (Å²) in [6.07, 6.45) is -0.514. The molecule has 0 bridgehead atoms. The van der Waals surface area contributed by atoms with Gasteiger partial charge in [-0.1, -0.05) is 74.6 Å². The summed E-state index contributed by atoms with van der Waals surface area (Å²) >= 11 is 5.66. The monoisotopic (exact) mass is 455 g/mol. The van der Waals surface area contributed by atoms with Crippen LogP contribution in [0.25, 0.3) is 0 Å². The fourth-order valence-electron chi connectivity index (χ4n) is 3.12. The average molecular weight is 456 g/mol. The van der Waals surface area contributed by atoms with Crippen molar-refractivity contribution in [3.8, 4) is 0 Å². The van der Waals surface area contributed by atoms with Crippen LogP contribution in [0.15, 0.2) is 60.7 Å². The molecule has 0 atom stereocenters. The number of para-hydroxylation sites is 1. The zero-order chi connectivity index (χ0) is 23.7. The van der Waals surface area contributed by atoms with E-state index in [1.54, 1.807) is 0 Å². The van der Waals surface area contributed by atoms with Crippen molar-refractivity contribution in [1.82, 2.24) is 10.2 Å². The molecule has 32 heavy (non-hydrogen) atoms. The van der Waals surface area contributed by atoms with Gasteiger partial charge in [-0.15, -0.1) is 0 Å². The molecule has 0 aliphatic rings. The number of ether oxygens (including phenoxy) is 1. The molecule has 0 aliphatic heterocycles. The normalized spacial score (nSPS) is 11.1. The number of anilines is 1. The Kier molecular flexibility index (Phi) is 9.20. The highest BCUT2D eigenvalue weighted by molar-refractivity contribution is 7.80. The van der Waals surface area contributed by atoms with Crippen molar-refractivity contribution in [2.45, 2.75) is 39.8 Å². The molecule has 6 nitrogen and oxygen atoms in total. The fraction of sp³-hybridized carbons (Fsp3) is 0.400. The number of amides is 2. The van der Waals surface area contributed by atoms with Crippen LogP contribution in [0.2, 0.25) is 0 Å². The highest BCUT2D eigenvalue weighted by Gasteiger charge is 2.30. The first-order valence-corrected chi connectivity index (χ1v) is 11.1. The second-order valence-corrected chi connectivity index (χ2v) is 9.07. The van der Waals surface area contributed by atoms with Gasteiger partial charge in [-0.25, -0.2) is 4.79 Å². The third kappa shape index (κ3) is 7.64. The minimum Gasteiger partial charge on any atom is -0.449 e. The maximum Gasteiger partial charge on any atom is 0.410 e. The van der Waals surface area contributed by atoms with Crippen LogP contribution in [0.4, 0.5) is 10.5 Å². The molecule has 0 spiro atoms. The van der Waals surface area contributed by atoms with Gasteiger partial charge in [-0.3, -0.25) is 9.69 Å². The van der Waals surface area contributed by atoms with Crippen molar-refractivity contribution >= 4 is 34.9 Å². The number of thiocarbonyl (C=S) groups is 1. The van der Waals surface area contributed by atoms with Crippen LogP contribution in [0.1, 0.15) is 33.3 Å².